The van der Waals surface area contributed by atoms with Gasteiger partial charge in [-0.25, -0.2) is 4.98 Å². The molecule has 1 aromatic heterocycles. The number of anilines is 3. The van der Waals surface area contributed by atoms with Crippen LogP contribution < -0.4 is 10.6 Å². The number of benzene rings is 1. The zero-order valence-corrected chi connectivity index (χ0v) is 9.98. The molecular weight excluding hydrogens is 246 g/mol. The van der Waals surface area contributed by atoms with E-state index in [0.717, 1.165) is 24.2 Å². The average Bonchev–Trinajstić information content (AvgIpc) is 2.81. The highest BCUT2D eigenvalue weighted by atomic mass is 16.6. The Morgan fingerprint density at radius 3 is 2.95 bits per heavy atom. The SMILES string of the molecule is Nc1nccc(N2CCc3cc([N+](=O)[O-])ccc32)n1. The molecule has 2 heterocycles. The van der Waals surface area contributed by atoms with Gasteiger partial charge in [0.15, 0.2) is 0 Å². The van der Waals surface area contributed by atoms with E-state index < -0.39 is 0 Å². The van der Waals surface area contributed by atoms with Crippen molar-refractivity contribution in [2.24, 2.45) is 0 Å². The topological polar surface area (TPSA) is 98.2 Å². The number of non-ortho nitro benzene ring substituents is 1. The van der Waals surface area contributed by atoms with E-state index in [9.17, 15) is 10.1 Å². The number of hydrogen-bond donors (Lipinski definition) is 1. The summed E-state index contributed by atoms with van der Waals surface area (Å²) < 4.78 is 0. The molecule has 0 unspecified atom stereocenters. The van der Waals surface area contributed by atoms with Crippen molar-refractivity contribution in [1.82, 2.24) is 9.97 Å². The van der Waals surface area contributed by atoms with Crippen LogP contribution in [0.15, 0.2) is 30.5 Å². The number of fused-ring (bicyclic) bond motifs is 1. The third-order valence-corrected chi connectivity index (χ3v) is 3.11. The zero-order chi connectivity index (χ0) is 13.4. The zero-order valence-electron chi connectivity index (χ0n) is 9.98. The molecule has 0 saturated heterocycles. The summed E-state index contributed by atoms with van der Waals surface area (Å²) >= 11 is 0. The molecule has 0 atom stereocenters. The maximum absolute atomic E-state index is 10.8. The van der Waals surface area contributed by atoms with Crippen LogP contribution in [0.4, 0.5) is 23.1 Å². The van der Waals surface area contributed by atoms with Gasteiger partial charge in [-0.2, -0.15) is 4.98 Å². The number of nitrogen functional groups attached to an aromatic ring is 1. The van der Waals surface area contributed by atoms with E-state index in [4.69, 9.17) is 5.73 Å². The number of nitro benzene ring substituents is 1. The fourth-order valence-corrected chi connectivity index (χ4v) is 2.25. The number of aromatic nitrogens is 2. The summed E-state index contributed by atoms with van der Waals surface area (Å²) in [5, 5.41) is 10.8. The molecule has 0 spiro atoms. The van der Waals surface area contributed by atoms with Crippen molar-refractivity contribution in [3.8, 4) is 0 Å². The van der Waals surface area contributed by atoms with Gasteiger partial charge >= 0.3 is 0 Å². The van der Waals surface area contributed by atoms with E-state index in [1.807, 2.05) is 4.90 Å². The van der Waals surface area contributed by atoms with Gasteiger partial charge in [0.1, 0.15) is 5.82 Å². The van der Waals surface area contributed by atoms with Gasteiger partial charge in [0.2, 0.25) is 5.95 Å². The standard InChI is InChI=1S/C12H11N5O2/c13-12-14-5-3-11(15-12)16-6-4-8-7-9(17(18)19)1-2-10(8)16/h1-3,5,7H,4,6H2,(H2,13,14,15). The number of hydrogen-bond acceptors (Lipinski definition) is 6. The van der Waals surface area contributed by atoms with Crippen LogP contribution in [0.5, 0.6) is 0 Å². The van der Waals surface area contributed by atoms with E-state index in [0.29, 0.717) is 5.82 Å². The fourth-order valence-electron chi connectivity index (χ4n) is 2.25. The Bertz CT molecular complexity index is 658. The summed E-state index contributed by atoms with van der Waals surface area (Å²) in [6, 6.07) is 6.63. The quantitative estimate of drug-likeness (QED) is 0.649. The molecule has 0 saturated carbocycles. The lowest BCUT2D eigenvalue weighted by Gasteiger charge is -2.17. The number of rotatable bonds is 2. The molecule has 0 radical (unpaired) electrons. The van der Waals surface area contributed by atoms with Crippen molar-refractivity contribution in [2.75, 3.05) is 17.2 Å². The highest BCUT2D eigenvalue weighted by Crippen LogP contribution is 2.35. The van der Waals surface area contributed by atoms with Crippen molar-refractivity contribution in [2.45, 2.75) is 6.42 Å². The molecule has 96 valence electrons. The molecule has 0 fully saturated rings. The maximum atomic E-state index is 10.8. The average molecular weight is 257 g/mol. The molecule has 3 rings (SSSR count). The lowest BCUT2D eigenvalue weighted by Crippen LogP contribution is -2.15. The maximum Gasteiger partial charge on any atom is 0.269 e. The van der Waals surface area contributed by atoms with Gasteiger partial charge in [-0.05, 0) is 24.1 Å². The molecule has 1 aliphatic rings. The Balaban J connectivity index is 2.01. The first kappa shape index (κ1) is 11.4. The van der Waals surface area contributed by atoms with Crippen LogP contribution in [0.3, 0.4) is 0 Å². The minimum atomic E-state index is -0.383. The largest absolute Gasteiger partial charge is 0.368 e. The first-order valence-corrected chi connectivity index (χ1v) is 5.78. The first-order chi connectivity index (χ1) is 9.15. The second-order valence-electron chi connectivity index (χ2n) is 4.24. The van der Waals surface area contributed by atoms with Gasteiger partial charge in [0, 0.05) is 30.6 Å². The minimum absolute atomic E-state index is 0.114. The Morgan fingerprint density at radius 1 is 1.37 bits per heavy atom. The monoisotopic (exact) mass is 257 g/mol. The Kier molecular flexibility index (Phi) is 2.52. The molecule has 0 bridgehead atoms. The van der Waals surface area contributed by atoms with Crippen LogP contribution in [-0.2, 0) is 6.42 Å². The summed E-state index contributed by atoms with van der Waals surface area (Å²) in [7, 11) is 0. The minimum Gasteiger partial charge on any atom is -0.368 e. The van der Waals surface area contributed by atoms with Crippen molar-refractivity contribution < 1.29 is 4.92 Å². The second-order valence-corrected chi connectivity index (χ2v) is 4.24. The third kappa shape index (κ3) is 1.95. The van der Waals surface area contributed by atoms with Crippen molar-refractivity contribution >= 4 is 23.1 Å². The van der Waals surface area contributed by atoms with Crippen LogP contribution in [0.2, 0.25) is 0 Å². The molecule has 2 aromatic rings. The molecular formula is C12H11N5O2. The van der Waals surface area contributed by atoms with E-state index >= 15 is 0 Å². The predicted octanol–water partition coefficient (Wildman–Crippen LogP) is 1.66. The molecule has 1 aliphatic heterocycles. The van der Waals surface area contributed by atoms with E-state index in [1.165, 1.54) is 6.07 Å². The highest BCUT2D eigenvalue weighted by molar-refractivity contribution is 5.69. The van der Waals surface area contributed by atoms with Gasteiger partial charge in [0.25, 0.3) is 5.69 Å². The number of nitrogens with two attached hydrogens (primary N) is 1. The van der Waals surface area contributed by atoms with Crippen molar-refractivity contribution in [1.29, 1.82) is 0 Å². The number of nitrogens with zero attached hydrogens (tertiary/aromatic N) is 4. The molecule has 1 aromatic carbocycles. The molecule has 19 heavy (non-hydrogen) atoms. The van der Waals surface area contributed by atoms with Crippen LogP contribution in [0.25, 0.3) is 0 Å². The Morgan fingerprint density at radius 2 is 2.21 bits per heavy atom. The van der Waals surface area contributed by atoms with Crippen LogP contribution in [0, 0.1) is 10.1 Å². The molecule has 2 N–H and O–H groups in total. The van der Waals surface area contributed by atoms with Crippen molar-refractivity contribution in [3.05, 3.63) is 46.1 Å². The third-order valence-electron chi connectivity index (χ3n) is 3.11. The summed E-state index contributed by atoms with van der Waals surface area (Å²) in [5.74, 6) is 0.924. The van der Waals surface area contributed by atoms with E-state index in [-0.39, 0.29) is 16.6 Å². The Hall–Kier alpha value is -2.70. The van der Waals surface area contributed by atoms with E-state index in [2.05, 4.69) is 9.97 Å². The van der Waals surface area contributed by atoms with Crippen LogP contribution in [-0.4, -0.2) is 21.4 Å². The summed E-state index contributed by atoms with van der Waals surface area (Å²) in [6.45, 7) is 0.729. The van der Waals surface area contributed by atoms with Crippen molar-refractivity contribution in [3.63, 3.8) is 0 Å². The smallest absolute Gasteiger partial charge is 0.269 e. The van der Waals surface area contributed by atoms with Gasteiger partial charge < -0.3 is 10.6 Å². The molecule has 0 amide bonds. The summed E-state index contributed by atoms with van der Waals surface area (Å²) in [5.41, 5.74) is 7.57. The summed E-state index contributed by atoms with van der Waals surface area (Å²) in [6.07, 6.45) is 2.35. The molecule has 7 heteroatoms. The second kappa shape index (κ2) is 4.20. The lowest BCUT2D eigenvalue weighted by molar-refractivity contribution is -0.384. The highest BCUT2D eigenvalue weighted by Gasteiger charge is 2.23. The Labute approximate surface area is 108 Å². The van der Waals surface area contributed by atoms with Gasteiger partial charge in [-0.3, -0.25) is 10.1 Å². The molecule has 0 aliphatic carbocycles. The lowest BCUT2D eigenvalue weighted by atomic mass is 10.1. The van der Waals surface area contributed by atoms with E-state index in [1.54, 1.807) is 24.4 Å². The fraction of sp³-hybridized carbons (Fsp3) is 0.167. The first-order valence-electron chi connectivity index (χ1n) is 5.78. The van der Waals surface area contributed by atoms with Gasteiger partial charge in [-0.15, -0.1) is 0 Å². The van der Waals surface area contributed by atoms with Gasteiger partial charge in [-0.1, -0.05) is 0 Å². The predicted molar refractivity (Wildman–Crippen MR) is 70.3 cm³/mol. The molecule has 7 nitrogen and oxygen atoms in total. The van der Waals surface area contributed by atoms with Gasteiger partial charge in [0.05, 0.1) is 4.92 Å². The summed E-state index contributed by atoms with van der Waals surface area (Å²) in [4.78, 5) is 20.4. The van der Waals surface area contributed by atoms with Crippen LogP contribution in [0.1, 0.15) is 5.56 Å². The number of nitro groups is 1. The normalized spacial score (nSPS) is 13.4. The van der Waals surface area contributed by atoms with Crippen LogP contribution >= 0.6 is 0 Å².